The highest BCUT2D eigenvalue weighted by Gasteiger charge is 2.49. The lowest BCUT2D eigenvalue weighted by molar-refractivity contribution is -0.184. The molecule has 1 unspecified atom stereocenters. The fourth-order valence-electron chi connectivity index (χ4n) is 3.98. The monoisotopic (exact) mass is 480 g/mol. The summed E-state index contributed by atoms with van der Waals surface area (Å²) >= 11 is 2.46. The molecule has 4 aromatic rings. The maximum atomic E-state index is 13.2. The first-order valence-electron chi connectivity index (χ1n) is 10.1. The van der Waals surface area contributed by atoms with Crippen molar-refractivity contribution in [3.05, 3.63) is 75.0 Å². The second kappa shape index (κ2) is 8.26. The van der Waals surface area contributed by atoms with Crippen LogP contribution in [0.1, 0.15) is 21.6 Å². The van der Waals surface area contributed by atoms with Gasteiger partial charge in [-0.25, -0.2) is 4.79 Å². The fourth-order valence-corrected chi connectivity index (χ4v) is 5.46. The predicted octanol–water partition coefficient (Wildman–Crippen LogP) is 4.48. The zero-order valence-electron chi connectivity index (χ0n) is 18.1. The van der Waals surface area contributed by atoms with E-state index in [4.69, 9.17) is 14.2 Å². The van der Waals surface area contributed by atoms with Crippen molar-refractivity contribution in [2.45, 2.75) is 19.1 Å². The molecule has 0 bridgehead atoms. The number of carbonyl (C=O) groups excluding carboxylic acids is 1. The molecule has 33 heavy (non-hydrogen) atoms. The van der Waals surface area contributed by atoms with Gasteiger partial charge in [0, 0.05) is 12.0 Å². The van der Waals surface area contributed by atoms with Gasteiger partial charge in [-0.1, -0.05) is 12.1 Å². The Labute approximate surface area is 198 Å². The van der Waals surface area contributed by atoms with Crippen molar-refractivity contribution >= 4 is 45.6 Å². The number of aryl methyl sites for hydroxylation is 1. The Bertz CT molecular complexity index is 1410. The molecular weight excluding hydrogens is 460 g/mol. The molecular formula is C24H20N2O5S2. The molecule has 1 atom stereocenters. The van der Waals surface area contributed by atoms with Crippen molar-refractivity contribution < 1.29 is 24.1 Å². The number of carbonyl (C=O) groups is 1. The van der Waals surface area contributed by atoms with Crippen LogP contribution in [0.2, 0.25) is 0 Å². The lowest BCUT2D eigenvalue weighted by atomic mass is 9.90. The molecule has 0 spiro atoms. The summed E-state index contributed by atoms with van der Waals surface area (Å²) in [6.07, 6.45) is 0.266. The van der Waals surface area contributed by atoms with E-state index in [1.54, 1.807) is 32.4 Å². The van der Waals surface area contributed by atoms with E-state index in [2.05, 4.69) is 8.75 Å². The number of fused-ring (bicyclic) bond motifs is 1. The number of aliphatic hydroxyl groups is 1. The van der Waals surface area contributed by atoms with Crippen LogP contribution in [0.5, 0.6) is 11.5 Å². The van der Waals surface area contributed by atoms with E-state index in [1.165, 1.54) is 11.3 Å². The maximum absolute atomic E-state index is 13.2. The molecule has 7 nitrogen and oxygen atoms in total. The van der Waals surface area contributed by atoms with E-state index in [-0.39, 0.29) is 6.42 Å². The van der Waals surface area contributed by atoms with Gasteiger partial charge in [-0.05, 0) is 59.3 Å². The SMILES string of the molecule is COc1ccc(CC2=C(c3ccc4nsnc4c3)C(=O)OC2(O)c2cc(C)cs2)cc1OC. The van der Waals surface area contributed by atoms with Gasteiger partial charge in [0.1, 0.15) is 11.0 Å². The Balaban J connectivity index is 1.69. The normalized spacial score (nSPS) is 18.1. The number of esters is 1. The van der Waals surface area contributed by atoms with Crippen molar-refractivity contribution in [1.29, 1.82) is 0 Å². The molecule has 1 N–H and O–H groups in total. The van der Waals surface area contributed by atoms with E-state index < -0.39 is 11.8 Å². The Kier molecular flexibility index (Phi) is 5.40. The minimum Gasteiger partial charge on any atom is -0.493 e. The van der Waals surface area contributed by atoms with Gasteiger partial charge in [-0.15, -0.1) is 11.3 Å². The fraction of sp³-hybridized carbons (Fsp3) is 0.208. The van der Waals surface area contributed by atoms with Crippen LogP contribution in [0.25, 0.3) is 16.6 Å². The highest BCUT2D eigenvalue weighted by atomic mass is 32.1. The summed E-state index contributed by atoms with van der Waals surface area (Å²) in [6.45, 7) is 1.93. The van der Waals surface area contributed by atoms with Gasteiger partial charge in [-0.3, -0.25) is 0 Å². The quantitative estimate of drug-likeness (QED) is 0.407. The van der Waals surface area contributed by atoms with Crippen LogP contribution in [0.4, 0.5) is 0 Å². The highest BCUT2D eigenvalue weighted by Crippen LogP contribution is 2.47. The third-order valence-corrected chi connectivity index (χ3v) is 7.29. The molecule has 168 valence electrons. The molecule has 2 aromatic carbocycles. The summed E-state index contributed by atoms with van der Waals surface area (Å²) in [5.41, 5.74) is 4.67. The van der Waals surface area contributed by atoms with Gasteiger partial charge in [0.15, 0.2) is 11.5 Å². The number of thiophene rings is 1. The molecule has 0 saturated carbocycles. The molecule has 0 amide bonds. The molecule has 1 aliphatic heterocycles. The number of benzene rings is 2. The molecule has 0 aliphatic carbocycles. The predicted molar refractivity (Wildman–Crippen MR) is 127 cm³/mol. The van der Waals surface area contributed by atoms with Crippen LogP contribution in [0.3, 0.4) is 0 Å². The third kappa shape index (κ3) is 3.68. The molecule has 5 rings (SSSR count). The first-order chi connectivity index (χ1) is 15.9. The van der Waals surface area contributed by atoms with Crippen molar-refractivity contribution in [3.63, 3.8) is 0 Å². The zero-order valence-corrected chi connectivity index (χ0v) is 19.8. The third-order valence-electron chi connectivity index (χ3n) is 5.59. The van der Waals surface area contributed by atoms with Gasteiger partial charge in [0.2, 0.25) is 0 Å². The van der Waals surface area contributed by atoms with Gasteiger partial charge in [0.25, 0.3) is 5.79 Å². The van der Waals surface area contributed by atoms with Crippen LogP contribution in [-0.4, -0.2) is 34.0 Å². The van der Waals surface area contributed by atoms with Crippen molar-refractivity contribution in [1.82, 2.24) is 8.75 Å². The first-order valence-corrected chi connectivity index (χ1v) is 11.7. The minimum atomic E-state index is -1.87. The summed E-state index contributed by atoms with van der Waals surface area (Å²) in [5, 5.41) is 13.6. The molecule has 3 heterocycles. The van der Waals surface area contributed by atoms with E-state index in [9.17, 15) is 9.90 Å². The first kappa shape index (κ1) is 21.6. The standard InChI is InChI=1S/C24H20N2O5S2/c1-13-8-21(32-12-13)24(28)16(9-14-4-7-19(29-2)20(10-14)30-3)22(23(27)31-24)15-5-6-17-18(11-15)26-33-25-17/h4-8,10-12,28H,9H2,1-3H3. The molecule has 0 saturated heterocycles. The lowest BCUT2D eigenvalue weighted by Gasteiger charge is -2.24. The zero-order chi connectivity index (χ0) is 23.2. The largest absolute Gasteiger partial charge is 0.493 e. The van der Waals surface area contributed by atoms with Gasteiger partial charge in [-0.2, -0.15) is 8.75 Å². The summed E-state index contributed by atoms with van der Waals surface area (Å²) < 4.78 is 25.0. The van der Waals surface area contributed by atoms with Crippen LogP contribution >= 0.6 is 23.1 Å². The number of aromatic nitrogens is 2. The van der Waals surface area contributed by atoms with Crippen LogP contribution in [0.15, 0.2) is 53.4 Å². The number of nitrogens with zero attached hydrogens (tertiary/aromatic N) is 2. The second-order valence-electron chi connectivity index (χ2n) is 7.71. The van der Waals surface area contributed by atoms with Crippen molar-refractivity contribution in [3.8, 4) is 11.5 Å². The summed E-state index contributed by atoms with van der Waals surface area (Å²) in [4.78, 5) is 13.7. The lowest BCUT2D eigenvalue weighted by Crippen LogP contribution is -2.28. The summed E-state index contributed by atoms with van der Waals surface area (Å²) in [7, 11) is 3.14. The summed E-state index contributed by atoms with van der Waals surface area (Å²) in [5.74, 6) is -1.29. The summed E-state index contributed by atoms with van der Waals surface area (Å²) in [6, 6.07) is 12.8. The number of ether oxygens (including phenoxy) is 3. The number of hydrogen-bond donors (Lipinski definition) is 1. The number of rotatable bonds is 6. The average Bonchev–Trinajstić information content (AvgIpc) is 3.52. The van der Waals surface area contributed by atoms with Crippen LogP contribution in [-0.2, 0) is 21.7 Å². The van der Waals surface area contributed by atoms with E-state index in [1.807, 2.05) is 36.6 Å². The van der Waals surface area contributed by atoms with Crippen LogP contribution in [0, 0.1) is 6.92 Å². The van der Waals surface area contributed by atoms with Crippen LogP contribution < -0.4 is 9.47 Å². The van der Waals surface area contributed by atoms with E-state index in [0.717, 1.165) is 28.4 Å². The minimum absolute atomic E-state index is 0.266. The molecule has 2 aromatic heterocycles. The smallest absolute Gasteiger partial charge is 0.342 e. The maximum Gasteiger partial charge on any atom is 0.342 e. The Morgan fingerprint density at radius 1 is 1.03 bits per heavy atom. The number of hydrogen-bond acceptors (Lipinski definition) is 9. The molecule has 0 radical (unpaired) electrons. The van der Waals surface area contributed by atoms with Gasteiger partial charge in [0.05, 0.1) is 36.4 Å². The van der Waals surface area contributed by atoms with Crippen molar-refractivity contribution in [2.24, 2.45) is 0 Å². The van der Waals surface area contributed by atoms with E-state index >= 15 is 0 Å². The van der Waals surface area contributed by atoms with E-state index in [0.29, 0.717) is 38.6 Å². The molecule has 1 aliphatic rings. The Morgan fingerprint density at radius 2 is 1.82 bits per heavy atom. The topological polar surface area (TPSA) is 90.8 Å². The molecule has 0 fully saturated rings. The van der Waals surface area contributed by atoms with Gasteiger partial charge >= 0.3 is 5.97 Å². The number of methoxy groups -OCH3 is 2. The Morgan fingerprint density at radius 3 is 2.55 bits per heavy atom. The Hall–Kier alpha value is -3.27. The number of cyclic esters (lactones) is 1. The highest BCUT2D eigenvalue weighted by molar-refractivity contribution is 7.10. The second-order valence-corrected chi connectivity index (χ2v) is 9.15. The van der Waals surface area contributed by atoms with Gasteiger partial charge < -0.3 is 19.3 Å². The molecule has 9 heteroatoms. The van der Waals surface area contributed by atoms with Crippen molar-refractivity contribution in [2.75, 3.05) is 14.2 Å². The average molecular weight is 481 g/mol.